The highest BCUT2D eigenvalue weighted by atomic mass is 35.5. The fraction of sp³-hybridized carbons (Fsp3) is 0.467. The lowest BCUT2D eigenvalue weighted by molar-refractivity contribution is -0.384. The highest BCUT2D eigenvalue weighted by Crippen LogP contribution is 2.31. The summed E-state index contributed by atoms with van der Waals surface area (Å²) in [6, 6.07) is 3.61. The monoisotopic (exact) mass is 373 g/mol. The normalized spacial score (nSPS) is 15.6. The molecule has 1 aliphatic heterocycles. The van der Waals surface area contributed by atoms with E-state index in [1.807, 2.05) is 0 Å². The second-order valence-electron chi connectivity index (χ2n) is 5.57. The summed E-state index contributed by atoms with van der Waals surface area (Å²) in [4.78, 5) is 34.7. The van der Waals surface area contributed by atoms with Crippen LogP contribution in [0.4, 0.5) is 11.4 Å². The lowest BCUT2D eigenvalue weighted by Gasteiger charge is -2.34. The number of carbonyl (C=O) groups is 2. The maximum absolute atomic E-state index is 12.6. The van der Waals surface area contributed by atoms with Crippen LogP contribution in [0.25, 0.3) is 0 Å². The van der Waals surface area contributed by atoms with E-state index in [1.54, 1.807) is 0 Å². The van der Waals surface area contributed by atoms with E-state index in [0.29, 0.717) is 26.1 Å². The van der Waals surface area contributed by atoms with E-state index < -0.39 is 16.3 Å². The fourth-order valence-corrected chi connectivity index (χ4v) is 2.57. The SMILES string of the molecule is COC(=O)c1cc(NC(=O)C2(CN)CCOCC2)cc([N+](=O)[O-])c1.Cl. The molecule has 1 amide bonds. The molecule has 3 N–H and O–H groups in total. The Labute approximate surface area is 150 Å². The molecule has 138 valence electrons. The molecule has 0 aliphatic carbocycles. The Kier molecular flexibility index (Phi) is 7.28. The minimum atomic E-state index is -0.783. The van der Waals surface area contributed by atoms with Gasteiger partial charge in [0.2, 0.25) is 5.91 Å². The van der Waals surface area contributed by atoms with Crippen LogP contribution >= 0.6 is 12.4 Å². The van der Waals surface area contributed by atoms with Gasteiger partial charge in [-0.25, -0.2) is 4.79 Å². The van der Waals surface area contributed by atoms with E-state index in [2.05, 4.69) is 10.1 Å². The van der Waals surface area contributed by atoms with Crippen LogP contribution in [-0.4, -0.2) is 43.7 Å². The van der Waals surface area contributed by atoms with E-state index >= 15 is 0 Å². The molecule has 1 fully saturated rings. The van der Waals surface area contributed by atoms with Gasteiger partial charge in [0.25, 0.3) is 5.69 Å². The number of hydrogen-bond donors (Lipinski definition) is 2. The Bertz CT molecular complexity index is 661. The largest absolute Gasteiger partial charge is 0.465 e. The second kappa shape index (κ2) is 8.75. The van der Waals surface area contributed by atoms with Gasteiger partial charge in [0.05, 0.1) is 23.0 Å². The number of rotatable bonds is 5. The Morgan fingerprint density at radius 3 is 2.52 bits per heavy atom. The van der Waals surface area contributed by atoms with Crippen molar-refractivity contribution >= 4 is 35.7 Å². The van der Waals surface area contributed by atoms with Crippen molar-refractivity contribution in [3.8, 4) is 0 Å². The van der Waals surface area contributed by atoms with Crippen molar-refractivity contribution in [3.63, 3.8) is 0 Å². The summed E-state index contributed by atoms with van der Waals surface area (Å²) >= 11 is 0. The topological polar surface area (TPSA) is 134 Å². The zero-order valence-corrected chi connectivity index (χ0v) is 14.5. The van der Waals surface area contributed by atoms with Gasteiger partial charge in [0, 0.05) is 37.6 Å². The first-order valence-corrected chi connectivity index (χ1v) is 7.39. The maximum Gasteiger partial charge on any atom is 0.338 e. The number of benzene rings is 1. The summed E-state index contributed by atoms with van der Waals surface area (Å²) in [5, 5.41) is 13.7. The van der Waals surface area contributed by atoms with E-state index in [-0.39, 0.29) is 41.8 Å². The number of esters is 1. The number of nitrogens with one attached hydrogen (secondary N) is 1. The van der Waals surface area contributed by atoms with Crippen LogP contribution in [0, 0.1) is 15.5 Å². The number of methoxy groups -OCH3 is 1. The smallest absolute Gasteiger partial charge is 0.338 e. The number of amides is 1. The molecular weight excluding hydrogens is 354 g/mol. The highest BCUT2D eigenvalue weighted by Gasteiger charge is 2.39. The molecule has 0 saturated carbocycles. The van der Waals surface area contributed by atoms with Crippen LogP contribution in [0.2, 0.25) is 0 Å². The van der Waals surface area contributed by atoms with Crippen LogP contribution in [0.5, 0.6) is 0 Å². The molecule has 0 bridgehead atoms. The average molecular weight is 374 g/mol. The average Bonchev–Trinajstić information content (AvgIpc) is 2.61. The Morgan fingerprint density at radius 2 is 2.00 bits per heavy atom. The molecule has 2 rings (SSSR count). The first-order chi connectivity index (χ1) is 11.4. The molecule has 0 radical (unpaired) electrons. The second-order valence-corrected chi connectivity index (χ2v) is 5.57. The predicted octanol–water partition coefficient (Wildman–Crippen LogP) is 1.50. The van der Waals surface area contributed by atoms with E-state index in [9.17, 15) is 19.7 Å². The number of nitro groups is 1. The summed E-state index contributed by atoms with van der Waals surface area (Å²) in [5.74, 6) is -1.07. The van der Waals surface area contributed by atoms with Gasteiger partial charge in [0.15, 0.2) is 0 Å². The predicted molar refractivity (Wildman–Crippen MR) is 91.9 cm³/mol. The maximum atomic E-state index is 12.6. The number of nitro benzene ring substituents is 1. The van der Waals surface area contributed by atoms with Crippen molar-refractivity contribution in [2.24, 2.45) is 11.1 Å². The molecule has 0 unspecified atom stereocenters. The van der Waals surface area contributed by atoms with Gasteiger partial charge < -0.3 is 20.5 Å². The van der Waals surface area contributed by atoms with Gasteiger partial charge in [-0.2, -0.15) is 0 Å². The lowest BCUT2D eigenvalue weighted by Crippen LogP contribution is -2.46. The van der Waals surface area contributed by atoms with Crippen molar-refractivity contribution in [2.75, 3.05) is 32.2 Å². The van der Waals surface area contributed by atoms with E-state index in [1.165, 1.54) is 19.2 Å². The van der Waals surface area contributed by atoms with Crippen molar-refractivity contribution < 1.29 is 24.0 Å². The van der Waals surface area contributed by atoms with Crippen LogP contribution < -0.4 is 11.1 Å². The molecule has 0 spiro atoms. The van der Waals surface area contributed by atoms with E-state index in [0.717, 1.165) is 6.07 Å². The number of hydrogen-bond acceptors (Lipinski definition) is 7. The first kappa shape index (κ1) is 20.8. The van der Waals surface area contributed by atoms with Crippen LogP contribution in [-0.2, 0) is 14.3 Å². The van der Waals surface area contributed by atoms with Crippen molar-refractivity contribution in [1.82, 2.24) is 0 Å². The summed E-state index contributed by atoms with van der Waals surface area (Å²) in [6.45, 7) is 0.987. The fourth-order valence-electron chi connectivity index (χ4n) is 2.57. The lowest BCUT2D eigenvalue weighted by atomic mass is 9.79. The standard InChI is InChI=1S/C15H19N3O6.ClH/c1-23-13(19)10-6-11(8-12(7-10)18(21)22)17-14(20)15(9-16)2-4-24-5-3-15;/h6-8H,2-5,9,16H2,1H3,(H,17,20);1H. The Balaban J connectivity index is 0.00000312. The van der Waals surface area contributed by atoms with Gasteiger partial charge >= 0.3 is 5.97 Å². The van der Waals surface area contributed by atoms with Crippen molar-refractivity contribution in [1.29, 1.82) is 0 Å². The van der Waals surface area contributed by atoms with E-state index in [4.69, 9.17) is 10.5 Å². The number of carbonyl (C=O) groups excluding carboxylic acids is 2. The van der Waals surface area contributed by atoms with Crippen LogP contribution in [0.1, 0.15) is 23.2 Å². The molecule has 1 aromatic carbocycles. The van der Waals surface area contributed by atoms with Gasteiger partial charge in [0.1, 0.15) is 0 Å². The first-order valence-electron chi connectivity index (χ1n) is 7.39. The molecule has 0 atom stereocenters. The molecule has 10 heteroatoms. The molecule has 25 heavy (non-hydrogen) atoms. The van der Waals surface area contributed by atoms with Crippen LogP contribution in [0.15, 0.2) is 18.2 Å². The van der Waals surface area contributed by atoms with Crippen molar-refractivity contribution in [2.45, 2.75) is 12.8 Å². The molecular formula is C15H20ClN3O6. The number of anilines is 1. The quantitative estimate of drug-likeness (QED) is 0.453. The summed E-state index contributed by atoms with van der Waals surface area (Å²) in [6.07, 6.45) is 0.933. The summed E-state index contributed by atoms with van der Waals surface area (Å²) in [7, 11) is 1.17. The number of non-ortho nitro benzene ring substituents is 1. The zero-order chi connectivity index (χ0) is 17.7. The third-order valence-electron chi connectivity index (χ3n) is 4.13. The molecule has 0 aromatic heterocycles. The third kappa shape index (κ3) is 4.65. The molecule has 1 aromatic rings. The number of nitrogens with two attached hydrogens (primary N) is 1. The number of ether oxygens (including phenoxy) is 2. The van der Waals surface area contributed by atoms with Gasteiger partial charge in [-0.05, 0) is 18.9 Å². The van der Waals surface area contributed by atoms with Gasteiger partial charge in [-0.15, -0.1) is 12.4 Å². The summed E-state index contributed by atoms with van der Waals surface area (Å²) < 4.78 is 9.83. The Hall–Kier alpha value is -2.23. The molecule has 9 nitrogen and oxygen atoms in total. The van der Waals surface area contributed by atoms with Gasteiger partial charge in [-0.3, -0.25) is 14.9 Å². The Morgan fingerprint density at radius 1 is 1.36 bits per heavy atom. The van der Waals surface area contributed by atoms with Gasteiger partial charge in [-0.1, -0.05) is 0 Å². The molecule has 1 heterocycles. The minimum Gasteiger partial charge on any atom is -0.465 e. The van der Waals surface area contributed by atoms with Crippen molar-refractivity contribution in [3.05, 3.63) is 33.9 Å². The number of halogens is 1. The summed E-state index contributed by atoms with van der Waals surface area (Å²) in [5.41, 5.74) is 4.80. The molecule has 1 saturated heterocycles. The minimum absolute atomic E-state index is 0. The molecule has 1 aliphatic rings. The third-order valence-corrected chi connectivity index (χ3v) is 4.13. The van der Waals surface area contributed by atoms with Crippen LogP contribution in [0.3, 0.4) is 0 Å². The highest BCUT2D eigenvalue weighted by molar-refractivity contribution is 5.98. The number of nitrogens with zero attached hydrogens (tertiary/aromatic N) is 1. The zero-order valence-electron chi connectivity index (χ0n) is 13.6.